The zero-order valence-electron chi connectivity index (χ0n) is 13.1. The van der Waals surface area contributed by atoms with Gasteiger partial charge in [0.2, 0.25) is 0 Å². The Morgan fingerprint density at radius 1 is 1.29 bits per heavy atom. The van der Waals surface area contributed by atoms with Crippen molar-refractivity contribution in [1.82, 2.24) is 5.32 Å². The van der Waals surface area contributed by atoms with Crippen molar-refractivity contribution in [3.8, 4) is 0 Å². The molecule has 0 radical (unpaired) electrons. The third-order valence-electron chi connectivity index (χ3n) is 4.34. The number of sulfone groups is 1. The van der Waals surface area contributed by atoms with E-state index in [1.54, 1.807) is 0 Å². The molecule has 1 saturated heterocycles. The van der Waals surface area contributed by atoms with Crippen molar-refractivity contribution < 1.29 is 8.42 Å². The third-order valence-corrected chi connectivity index (χ3v) is 6.18. The van der Waals surface area contributed by atoms with Crippen molar-refractivity contribution in [3.63, 3.8) is 0 Å². The second-order valence-corrected chi connectivity index (χ2v) is 8.47. The zero-order chi connectivity index (χ0) is 15.3. The van der Waals surface area contributed by atoms with E-state index in [0.29, 0.717) is 11.5 Å². The minimum atomic E-state index is -2.76. The molecule has 1 aliphatic rings. The average molecular weight is 309 g/mol. The van der Waals surface area contributed by atoms with Crippen LogP contribution in [0.4, 0.5) is 0 Å². The fourth-order valence-electron chi connectivity index (χ4n) is 2.85. The molecule has 1 aromatic rings. The van der Waals surface area contributed by atoms with Crippen molar-refractivity contribution in [1.29, 1.82) is 0 Å². The van der Waals surface area contributed by atoms with Gasteiger partial charge in [-0.1, -0.05) is 37.6 Å². The summed E-state index contributed by atoms with van der Waals surface area (Å²) in [5.41, 5.74) is 2.67. The van der Waals surface area contributed by atoms with Gasteiger partial charge < -0.3 is 5.32 Å². The van der Waals surface area contributed by atoms with Crippen LogP contribution in [0.5, 0.6) is 0 Å². The standard InChI is InChI=1S/C17H27NO2S/c1-3-4-5-15-6-8-17(9-7-15)14(2)18-12-16-10-11-21(19,20)13-16/h6-9,14,16,18H,3-5,10-13H2,1-2H3. The summed E-state index contributed by atoms with van der Waals surface area (Å²) in [6.07, 6.45) is 4.42. The summed E-state index contributed by atoms with van der Waals surface area (Å²) in [6, 6.07) is 9.07. The fraction of sp³-hybridized carbons (Fsp3) is 0.647. The summed E-state index contributed by atoms with van der Waals surface area (Å²) in [4.78, 5) is 0. The summed E-state index contributed by atoms with van der Waals surface area (Å²) in [5.74, 6) is 0.990. The molecule has 0 aliphatic carbocycles. The summed E-state index contributed by atoms with van der Waals surface area (Å²) >= 11 is 0. The fourth-order valence-corrected chi connectivity index (χ4v) is 4.71. The number of nitrogens with one attached hydrogen (secondary N) is 1. The molecule has 2 unspecified atom stereocenters. The zero-order valence-corrected chi connectivity index (χ0v) is 14.0. The Bertz CT molecular complexity index is 536. The predicted molar refractivity (Wildman–Crippen MR) is 88.2 cm³/mol. The molecule has 2 atom stereocenters. The molecule has 1 fully saturated rings. The van der Waals surface area contributed by atoms with Gasteiger partial charge in [0.05, 0.1) is 11.5 Å². The lowest BCUT2D eigenvalue weighted by Gasteiger charge is -2.17. The van der Waals surface area contributed by atoms with E-state index in [0.717, 1.165) is 19.4 Å². The molecule has 1 heterocycles. The first kappa shape index (κ1) is 16.5. The number of rotatable bonds is 7. The summed E-state index contributed by atoms with van der Waals surface area (Å²) in [7, 11) is -2.76. The molecular formula is C17H27NO2S. The summed E-state index contributed by atoms with van der Waals surface area (Å²) < 4.78 is 22.9. The first-order chi connectivity index (χ1) is 10.00. The highest BCUT2D eigenvalue weighted by Crippen LogP contribution is 2.20. The quantitative estimate of drug-likeness (QED) is 0.842. The van der Waals surface area contributed by atoms with Crippen LogP contribution < -0.4 is 5.32 Å². The van der Waals surface area contributed by atoms with Gasteiger partial charge in [-0.05, 0) is 49.8 Å². The molecule has 2 rings (SSSR count). The Hall–Kier alpha value is -0.870. The van der Waals surface area contributed by atoms with Gasteiger partial charge in [0.25, 0.3) is 0 Å². The molecule has 21 heavy (non-hydrogen) atoms. The first-order valence-corrected chi connectivity index (χ1v) is 9.85. The molecule has 0 spiro atoms. The SMILES string of the molecule is CCCCc1ccc(C(C)NCC2CCS(=O)(=O)C2)cc1. The topological polar surface area (TPSA) is 46.2 Å². The van der Waals surface area contributed by atoms with Crippen LogP contribution in [-0.2, 0) is 16.3 Å². The van der Waals surface area contributed by atoms with Gasteiger partial charge in [-0.2, -0.15) is 0 Å². The second-order valence-electron chi connectivity index (χ2n) is 6.24. The van der Waals surface area contributed by atoms with Crippen molar-refractivity contribution in [2.75, 3.05) is 18.1 Å². The third kappa shape index (κ3) is 5.11. The number of hydrogen-bond acceptors (Lipinski definition) is 3. The van der Waals surface area contributed by atoms with E-state index in [4.69, 9.17) is 0 Å². The molecule has 3 nitrogen and oxygen atoms in total. The van der Waals surface area contributed by atoms with E-state index in [9.17, 15) is 8.42 Å². The number of aryl methyl sites for hydroxylation is 1. The van der Waals surface area contributed by atoms with Crippen LogP contribution in [0.15, 0.2) is 24.3 Å². The number of unbranched alkanes of at least 4 members (excludes halogenated alkanes) is 1. The molecule has 1 N–H and O–H groups in total. The van der Waals surface area contributed by atoms with Crippen LogP contribution in [0.3, 0.4) is 0 Å². The van der Waals surface area contributed by atoms with Crippen molar-refractivity contribution >= 4 is 9.84 Å². The molecule has 1 aromatic carbocycles. The van der Waals surface area contributed by atoms with E-state index in [1.807, 2.05) is 0 Å². The average Bonchev–Trinajstić information content (AvgIpc) is 2.82. The van der Waals surface area contributed by atoms with Gasteiger partial charge in [-0.15, -0.1) is 0 Å². The van der Waals surface area contributed by atoms with Gasteiger partial charge in [0, 0.05) is 6.04 Å². The van der Waals surface area contributed by atoms with Crippen molar-refractivity contribution in [2.45, 2.75) is 45.6 Å². The second kappa shape index (κ2) is 7.41. The van der Waals surface area contributed by atoms with Crippen LogP contribution >= 0.6 is 0 Å². The molecule has 118 valence electrons. The highest BCUT2D eigenvalue weighted by molar-refractivity contribution is 7.91. The van der Waals surface area contributed by atoms with E-state index in [1.165, 1.54) is 24.0 Å². The Morgan fingerprint density at radius 3 is 2.57 bits per heavy atom. The monoisotopic (exact) mass is 309 g/mol. The summed E-state index contributed by atoms with van der Waals surface area (Å²) in [5, 5.41) is 3.48. The van der Waals surface area contributed by atoms with Crippen LogP contribution in [0.1, 0.15) is 50.3 Å². The molecule has 0 amide bonds. The van der Waals surface area contributed by atoms with Gasteiger partial charge in [-0.25, -0.2) is 8.42 Å². The maximum atomic E-state index is 11.5. The minimum absolute atomic E-state index is 0.272. The Kier molecular flexibility index (Phi) is 5.82. The maximum Gasteiger partial charge on any atom is 0.150 e. The first-order valence-electron chi connectivity index (χ1n) is 8.03. The minimum Gasteiger partial charge on any atom is -0.310 e. The molecule has 4 heteroatoms. The summed E-state index contributed by atoms with van der Waals surface area (Å²) in [6.45, 7) is 5.14. The Morgan fingerprint density at radius 2 is 2.00 bits per heavy atom. The van der Waals surface area contributed by atoms with E-state index in [2.05, 4.69) is 43.4 Å². The smallest absolute Gasteiger partial charge is 0.150 e. The van der Waals surface area contributed by atoms with Gasteiger partial charge >= 0.3 is 0 Å². The highest BCUT2D eigenvalue weighted by Gasteiger charge is 2.27. The van der Waals surface area contributed by atoms with Crippen molar-refractivity contribution in [3.05, 3.63) is 35.4 Å². The van der Waals surface area contributed by atoms with E-state index < -0.39 is 9.84 Å². The van der Waals surface area contributed by atoms with Crippen LogP contribution in [0.2, 0.25) is 0 Å². The number of hydrogen-bond donors (Lipinski definition) is 1. The number of benzene rings is 1. The van der Waals surface area contributed by atoms with Gasteiger partial charge in [0.1, 0.15) is 0 Å². The maximum absolute atomic E-state index is 11.5. The van der Waals surface area contributed by atoms with Crippen LogP contribution in [-0.4, -0.2) is 26.5 Å². The lowest BCUT2D eigenvalue weighted by Crippen LogP contribution is -2.26. The Labute approximate surface area is 129 Å². The largest absolute Gasteiger partial charge is 0.310 e. The lowest BCUT2D eigenvalue weighted by atomic mass is 10.0. The van der Waals surface area contributed by atoms with E-state index in [-0.39, 0.29) is 12.0 Å². The highest BCUT2D eigenvalue weighted by atomic mass is 32.2. The molecule has 0 bridgehead atoms. The molecular weight excluding hydrogens is 282 g/mol. The molecule has 1 aliphatic heterocycles. The lowest BCUT2D eigenvalue weighted by molar-refractivity contribution is 0.476. The normalized spacial score (nSPS) is 22.3. The van der Waals surface area contributed by atoms with Crippen LogP contribution in [0.25, 0.3) is 0 Å². The Balaban J connectivity index is 1.81. The van der Waals surface area contributed by atoms with Crippen LogP contribution in [0, 0.1) is 5.92 Å². The molecule has 0 aromatic heterocycles. The van der Waals surface area contributed by atoms with Gasteiger partial charge in [0.15, 0.2) is 9.84 Å². The predicted octanol–water partition coefficient (Wildman–Crippen LogP) is 3.11. The van der Waals surface area contributed by atoms with Crippen molar-refractivity contribution in [2.24, 2.45) is 5.92 Å². The van der Waals surface area contributed by atoms with E-state index >= 15 is 0 Å². The molecule has 0 saturated carbocycles. The van der Waals surface area contributed by atoms with Gasteiger partial charge in [-0.3, -0.25) is 0 Å².